The Morgan fingerprint density at radius 2 is 1.74 bits per heavy atom. The average molecular weight is 461 g/mol. The molecule has 2 aliphatic rings. The number of likely N-dealkylation sites (tertiary alicyclic amines) is 1. The lowest BCUT2D eigenvalue weighted by Gasteiger charge is -2.32. The molecule has 3 aromatic rings. The van der Waals surface area contributed by atoms with Gasteiger partial charge in [-0.25, -0.2) is 14.7 Å². The van der Waals surface area contributed by atoms with Gasteiger partial charge in [0, 0.05) is 19.0 Å². The lowest BCUT2D eigenvalue weighted by molar-refractivity contribution is -0.132. The Hall–Kier alpha value is -3.19. The average Bonchev–Trinajstić information content (AvgIpc) is 3.34. The number of benzene rings is 2. The number of carbonyl (C=O) groups is 2. The molecule has 2 aliphatic heterocycles. The van der Waals surface area contributed by atoms with Gasteiger partial charge in [-0.1, -0.05) is 57.2 Å². The first-order valence-electron chi connectivity index (χ1n) is 12.0. The largest absolute Gasteiger partial charge is 0.440 e. The molecule has 2 fully saturated rings. The van der Waals surface area contributed by atoms with Gasteiger partial charge in [-0.15, -0.1) is 0 Å². The molecule has 5 rings (SSSR count). The Morgan fingerprint density at radius 1 is 1.06 bits per heavy atom. The van der Waals surface area contributed by atoms with Gasteiger partial charge in [0.05, 0.1) is 6.67 Å². The maximum atomic E-state index is 13.4. The van der Waals surface area contributed by atoms with Gasteiger partial charge in [0.25, 0.3) is 5.91 Å². The third kappa shape index (κ3) is 3.98. The van der Waals surface area contributed by atoms with Gasteiger partial charge < -0.3 is 9.73 Å². The molecule has 0 unspecified atom stereocenters. The van der Waals surface area contributed by atoms with Gasteiger partial charge in [-0.3, -0.25) is 9.69 Å². The minimum absolute atomic E-state index is 0.0262. The molecule has 0 aliphatic carbocycles. The van der Waals surface area contributed by atoms with Crippen molar-refractivity contribution >= 4 is 23.0 Å². The molecule has 0 saturated carbocycles. The topological polar surface area (TPSA) is 78.7 Å². The van der Waals surface area contributed by atoms with Crippen molar-refractivity contribution in [1.29, 1.82) is 0 Å². The highest BCUT2D eigenvalue weighted by molar-refractivity contribution is 6.07. The SMILES string of the molecule is CC(C)(C)c1ccc([C@]2(C)NC(=O)N(CN3CCC(c4nc5ccccc5o4)CC3)C2=O)cc1. The van der Waals surface area contributed by atoms with Crippen LogP contribution in [0.2, 0.25) is 0 Å². The zero-order valence-electron chi connectivity index (χ0n) is 20.3. The molecule has 3 heterocycles. The van der Waals surface area contributed by atoms with E-state index < -0.39 is 5.54 Å². The van der Waals surface area contributed by atoms with Gasteiger partial charge in [0.1, 0.15) is 11.1 Å². The minimum Gasteiger partial charge on any atom is -0.440 e. The fourth-order valence-electron chi connectivity index (χ4n) is 4.91. The lowest BCUT2D eigenvalue weighted by Crippen LogP contribution is -2.46. The van der Waals surface area contributed by atoms with Crippen LogP contribution >= 0.6 is 0 Å². The minimum atomic E-state index is -1.05. The Kier molecular flexibility index (Phi) is 5.47. The molecule has 178 valence electrons. The highest BCUT2D eigenvalue weighted by atomic mass is 16.3. The van der Waals surface area contributed by atoms with E-state index in [9.17, 15) is 9.59 Å². The van der Waals surface area contributed by atoms with Crippen molar-refractivity contribution in [3.8, 4) is 0 Å². The third-order valence-corrected chi connectivity index (χ3v) is 7.19. The summed E-state index contributed by atoms with van der Waals surface area (Å²) in [5.41, 5.74) is 2.66. The summed E-state index contributed by atoms with van der Waals surface area (Å²) in [6.07, 6.45) is 1.75. The number of nitrogens with zero attached hydrogens (tertiary/aromatic N) is 3. The Balaban J connectivity index is 1.24. The van der Waals surface area contributed by atoms with Crippen LogP contribution < -0.4 is 5.32 Å². The number of carbonyl (C=O) groups excluding carboxylic acids is 2. The van der Waals surface area contributed by atoms with Gasteiger partial charge in [-0.2, -0.15) is 0 Å². The van der Waals surface area contributed by atoms with Crippen molar-refractivity contribution in [3.05, 3.63) is 65.5 Å². The fourth-order valence-corrected chi connectivity index (χ4v) is 4.91. The molecule has 0 spiro atoms. The first-order valence-corrected chi connectivity index (χ1v) is 12.0. The highest BCUT2D eigenvalue weighted by Gasteiger charge is 2.49. The predicted octanol–water partition coefficient (Wildman–Crippen LogP) is 4.73. The Morgan fingerprint density at radius 3 is 2.38 bits per heavy atom. The molecule has 0 bridgehead atoms. The van der Waals surface area contributed by atoms with Crippen LogP contribution in [-0.2, 0) is 15.7 Å². The summed E-state index contributed by atoms with van der Waals surface area (Å²) in [5, 5.41) is 2.93. The van der Waals surface area contributed by atoms with Crippen molar-refractivity contribution in [1.82, 2.24) is 20.1 Å². The Labute approximate surface area is 200 Å². The summed E-state index contributed by atoms with van der Waals surface area (Å²) in [7, 11) is 0. The summed E-state index contributed by atoms with van der Waals surface area (Å²) in [4.78, 5) is 34.3. The number of nitrogens with one attached hydrogen (secondary N) is 1. The van der Waals surface area contributed by atoms with Crippen molar-refractivity contribution in [2.45, 2.75) is 57.4 Å². The summed E-state index contributed by atoms with van der Waals surface area (Å²) in [6, 6.07) is 15.5. The van der Waals surface area contributed by atoms with E-state index in [2.05, 4.69) is 36.0 Å². The number of imide groups is 1. The van der Waals surface area contributed by atoms with E-state index >= 15 is 0 Å². The van der Waals surface area contributed by atoms with E-state index in [1.54, 1.807) is 6.92 Å². The molecule has 3 amide bonds. The second kappa shape index (κ2) is 8.24. The van der Waals surface area contributed by atoms with Gasteiger partial charge >= 0.3 is 6.03 Å². The molecule has 7 nitrogen and oxygen atoms in total. The molecule has 1 atom stereocenters. The smallest absolute Gasteiger partial charge is 0.326 e. The van der Waals surface area contributed by atoms with Crippen LogP contribution in [0.25, 0.3) is 11.1 Å². The van der Waals surface area contributed by atoms with Gasteiger partial charge in [0.2, 0.25) is 0 Å². The van der Waals surface area contributed by atoms with E-state index in [1.807, 2.05) is 48.5 Å². The zero-order valence-corrected chi connectivity index (χ0v) is 20.3. The fraction of sp³-hybridized carbons (Fsp3) is 0.444. The lowest BCUT2D eigenvalue weighted by atomic mass is 9.84. The summed E-state index contributed by atoms with van der Waals surface area (Å²) in [5.74, 6) is 0.822. The number of aromatic nitrogens is 1. The molecule has 0 radical (unpaired) electrons. The van der Waals surface area contributed by atoms with Crippen LogP contribution in [0.4, 0.5) is 4.79 Å². The number of rotatable bonds is 4. The molecular formula is C27H32N4O3. The first-order chi connectivity index (χ1) is 16.1. The van der Waals surface area contributed by atoms with Crippen LogP contribution in [-0.4, -0.2) is 46.5 Å². The second-order valence-corrected chi connectivity index (χ2v) is 10.7. The molecule has 1 aromatic heterocycles. The number of fused-ring (bicyclic) bond motifs is 1. The maximum Gasteiger partial charge on any atom is 0.326 e. The highest BCUT2D eigenvalue weighted by Crippen LogP contribution is 2.33. The molecule has 34 heavy (non-hydrogen) atoms. The number of hydrogen-bond donors (Lipinski definition) is 1. The molecule has 1 N–H and O–H groups in total. The number of oxazole rings is 1. The van der Waals surface area contributed by atoms with E-state index in [0.717, 1.165) is 48.5 Å². The molecular weight excluding hydrogens is 428 g/mol. The number of urea groups is 1. The van der Waals surface area contributed by atoms with Crippen molar-refractivity contribution in [3.63, 3.8) is 0 Å². The van der Waals surface area contributed by atoms with E-state index in [4.69, 9.17) is 4.42 Å². The van der Waals surface area contributed by atoms with Crippen LogP contribution in [0.1, 0.15) is 63.5 Å². The van der Waals surface area contributed by atoms with E-state index in [-0.39, 0.29) is 23.3 Å². The second-order valence-electron chi connectivity index (χ2n) is 10.7. The summed E-state index contributed by atoms with van der Waals surface area (Å²) >= 11 is 0. The molecule has 7 heteroatoms. The van der Waals surface area contributed by atoms with Crippen LogP contribution in [0, 0.1) is 0 Å². The predicted molar refractivity (Wildman–Crippen MR) is 130 cm³/mol. The van der Waals surface area contributed by atoms with Crippen LogP contribution in [0.3, 0.4) is 0 Å². The number of hydrogen-bond acceptors (Lipinski definition) is 5. The van der Waals surface area contributed by atoms with Crippen LogP contribution in [0.15, 0.2) is 52.9 Å². The van der Waals surface area contributed by atoms with Crippen LogP contribution in [0.5, 0.6) is 0 Å². The first kappa shape index (κ1) is 22.6. The summed E-state index contributed by atoms with van der Waals surface area (Å²) in [6.45, 7) is 10.1. The molecule has 2 saturated heterocycles. The summed E-state index contributed by atoms with van der Waals surface area (Å²) < 4.78 is 5.96. The van der Waals surface area contributed by atoms with E-state index in [0.29, 0.717) is 6.67 Å². The standard InChI is InChI=1S/C27H32N4O3/c1-26(2,3)19-9-11-20(12-10-19)27(4)24(32)31(25(33)29-27)17-30-15-13-18(14-16-30)23-28-21-7-5-6-8-22(21)34-23/h5-12,18H,13-17H2,1-4H3,(H,29,33)/t27-/m0/s1. The number of piperidine rings is 1. The van der Waals surface area contributed by atoms with Gasteiger partial charge in [0.15, 0.2) is 11.5 Å². The zero-order chi connectivity index (χ0) is 24.1. The number of amides is 3. The third-order valence-electron chi connectivity index (χ3n) is 7.19. The quantitative estimate of drug-likeness (QED) is 0.570. The van der Waals surface area contributed by atoms with Crippen molar-refractivity contribution in [2.24, 2.45) is 0 Å². The van der Waals surface area contributed by atoms with E-state index in [1.165, 1.54) is 10.5 Å². The monoisotopic (exact) mass is 460 g/mol. The number of para-hydroxylation sites is 2. The maximum absolute atomic E-state index is 13.4. The van der Waals surface area contributed by atoms with Crippen molar-refractivity contribution in [2.75, 3.05) is 19.8 Å². The van der Waals surface area contributed by atoms with Crippen molar-refractivity contribution < 1.29 is 14.0 Å². The van der Waals surface area contributed by atoms with Gasteiger partial charge in [-0.05, 0) is 48.4 Å². The normalized spacial score (nSPS) is 22.5. The Bertz CT molecular complexity index is 1190. The molecule has 2 aromatic carbocycles.